The number of amides is 1. The van der Waals surface area contributed by atoms with Gasteiger partial charge in [-0.3, -0.25) is 4.79 Å². The molecule has 1 fully saturated rings. The highest BCUT2D eigenvalue weighted by molar-refractivity contribution is 9.10. The van der Waals surface area contributed by atoms with E-state index in [9.17, 15) is 4.79 Å². The SMILES string of the molecule is CC(C)(C(=O)NCCC1CCNC1)c1cccc(Br)c1.Cl. The van der Waals surface area contributed by atoms with Crippen molar-refractivity contribution in [2.75, 3.05) is 19.6 Å². The van der Waals surface area contributed by atoms with Gasteiger partial charge < -0.3 is 10.6 Å². The smallest absolute Gasteiger partial charge is 0.230 e. The van der Waals surface area contributed by atoms with Gasteiger partial charge in [0.15, 0.2) is 0 Å². The van der Waals surface area contributed by atoms with E-state index in [1.165, 1.54) is 6.42 Å². The zero-order chi connectivity index (χ0) is 14.6. The molecule has 0 aliphatic carbocycles. The predicted molar refractivity (Wildman–Crippen MR) is 93.0 cm³/mol. The van der Waals surface area contributed by atoms with Crippen LogP contribution < -0.4 is 10.6 Å². The van der Waals surface area contributed by atoms with Gasteiger partial charge >= 0.3 is 0 Å². The molecule has 118 valence electrons. The first-order chi connectivity index (χ1) is 9.50. The standard InChI is InChI=1S/C16H23BrN2O.ClH/c1-16(2,13-4-3-5-14(17)10-13)15(20)19-9-7-12-6-8-18-11-12;/h3-5,10,12,18H,6-9,11H2,1-2H3,(H,19,20);1H. The number of carbonyl (C=O) groups excluding carboxylic acids is 1. The lowest BCUT2D eigenvalue weighted by Gasteiger charge is -2.24. The van der Waals surface area contributed by atoms with Crippen LogP contribution in [0.5, 0.6) is 0 Å². The van der Waals surface area contributed by atoms with Gasteiger partial charge in [-0.1, -0.05) is 28.1 Å². The van der Waals surface area contributed by atoms with Crippen LogP contribution in [0.2, 0.25) is 0 Å². The second-order valence-corrected chi connectivity index (χ2v) is 6.95. The van der Waals surface area contributed by atoms with Gasteiger partial charge in [0, 0.05) is 11.0 Å². The maximum atomic E-state index is 12.4. The summed E-state index contributed by atoms with van der Waals surface area (Å²) in [4.78, 5) is 12.4. The molecule has 1 aromatic rings. The molecule has 1 aliphatic heterocycles. The summed E-state index contributed by atoms with van der Waals surface area (Å²) in [5.41, 5.74) is 0.532. The fourth-order valence-corrected chi connectivity index (χ4v) is 2.98. The molecule has 0 bridgehead atoms. The van der Waals surface area contributed by atoms with Crippen molar-refractivity contribution in [2.24, 2.45) is 5.92 Å². The van der Waals surface area contributed by atoms with E-state index in [0.29, 0.717) is 5.92 Å². The lowest BCUT2D eigenvalue weighted by atomic mass is 9.83. The van der Waals surface area contributed by atoms with Crippen molar-refractivity contribution in [2.45, 2.75) is 32.1 Å². The monoisotopic (exact) mass is 374 g/mol. The lowest BCUT2D eigenvalue weighted by molar-refractivity contribution is -0.125. The Kier molecular flexibility index (Phi) is 7.17. The van der Waals surface area contributed by atoms with Gasteiger partial charge in [-0.05, 0) is 63.4 Å². The number of hydrogen-bond acceptors (Lipinski definition) is 2. The zero-order valence-corrected chi connectivity index (χ0v) is 15.0. The molecule has 2 rings (SSSR count). The molecule has 1 aliphatic rings. The van der Waals surface area contributed by atoms with E-state index in [-0.39, 0.29) is 18.3 Å². The first kappa shape index (κ1) is 18.5. The van der Waals surface area contributed by atoms with Crippen molar-refractivity contribution in [1.29, 1.82) is 0 Å². The molecule has 0 spiro atoms. The van der Waals surface area contributed by atoms with Crippen LogP contribution in [0.4, 0.5) is 0 Å². The van der Waals surface area contributed by atoms with Crippen LogP contribution in [0.25, 0.3) is 0 Å². The summed E-state index contributed by atoms with van der Waals surface area (Å²) in [7, 11) is 0. The molecule has 0 saturated carbocycles. The average Bonchev–Trinajstić information content (AvgIpc) is 2.91. The minimum Gasteiger partial charge on any atom is -0.355 e. The molecule has 0 aromatic heterocycles. The molecule has 2 N–H and O–H groups in total. The molecule has 1 saturated heterocycles. The van der Waals surface area contributed by atoms with Gasteiger partial charge in [-0.15, -0.1) is 12.4 Å². The van der Waals surface area contributed by atoms with Crippen molar-refractivity contribution in [3.05, 3.63) is 34.3 Å². The van der Waals surface area contributed by atoms with E-state index in [1.807, 2.05) is 38.1 Å². The second kappa shape index (κ2) is 8.16. The summed E-state index contributed by atoms with van der Waals surface area (Å²) >= 11 is 3.46. The maximum Gasteiger partial charge on any atom is 0.230 e. The Morgan fingerprint density at radius 3 is 2.86 bits per heavy atom. The highest BCUT2D eigenvalue weighted by Gasteiger charge is 2.29. The quantitative estimate of drug-likeness (QED) is 0.829. The lowest BCUT2D eigenvalue weighted by Crippen LogP contribution is -2.40. The van der Waals surface area contributed by atoms with Crippen LogP contribution >= 0.6 is 28.3 Å². The van der Waals surface area contributed by atoms with Crippen LogP contribution in [0, 0.1) is 5.92 Å². The fourth-order valence-electron chi connectivity index (χ4n) is 2.58. The molecular weight excluding hydrogens is 352 g/mol. The summed E-state index contributed by atoms with van der Waals surface area (Å²) in [6.45, 7) is 6.91. The summed E-state index contributed by atoms with van der Waals surface area (Å²) < 4.78 is 1.01. The molecule has 1 atom stereocenters. The first-order valence-electron chi connectivity index (χ1n) is 7.25. The van der Waals surface area contributed by atoms with Gasteiger partial charge in [-0.2, -0.15) is 0 Å². The van der Waals surface area contributed by atoms with Crippen molar-refractivity contribution in [3.63, 3.8) is 0 Å². The Balaban J connectivity index is 0.00000220. The normalized spacial score (nSPS) is 18.1. The molecule has 5 heteroatoms. The number of nitrogens with one attached hydrogen (secondary N) is 2. The molecule has 0 radical (unpaired) electrons. The van der Waals surface area contributed by atoms with Crippen molar-refractivity contribution in [3.8, 4) is 0 Å². The minimum atomic E-state index is -0.502. The van der Waals surface area contributed by atoms with Gasteiger partial charge in [0.25, 0.3) is 0 Å². The number of carbonyl (C=O) groups is 1. The van der Waals surface area contributed by atoms with E-state index >= 15 is 0 Å². The third-order valence-electron chi connectivity index (χ3n) is 4.11. The Morgan fingerprint density at radius 2 is 2.24 bits per heavy atom. The van der Waals surface area contributed by atoms with Crippen molar-refractivity contribution in [1.82, 2.24) is 10.6 Å². The Bertz CT molecular complexity index is 473. The van der Waals surface area contributed by atoms with Gasteiger partial charge in [0.1, 0.15) is 0 Å². The fraction of sp³-hybridized carbons (Fsp3) is 0.562. The summed E-state index contributed by atoms with van der Waals surface area (Å²) in [6.07, 6.45) is 2.29. The van der Waals surface area contributed by atoms with E-state index < -0.39 is 5.41 Å². The second-order valence-electron chi connectivity index (χ2n) is 6.04. The van der Waals surface area contributed by atoms with Crippen LogP contribution in [0.3, 0.4) is 0 Å². The molecule has 1 aromatic carbocycles. The Morgan fingerprint density at radius 1 is 1.48 bits per heavy atom. The number of benzene rings is 1. The highest BCUT2D eigenvalue weighted by Crippen LogP contribution is 2.26. The Hall–Kier alpha value is -0.580. The third kappa shape index (κ3) is 4.97. The first-order valence-corrected chi connectivity index (χ1v) is 8.04. The van der Waals surface area contributed by atoms with E-state index in [0.717, 1.165) is 36.1 Å². The number of hydrogen-bond donors (Lipinski definition) is 2. The highest BCUT2D eigenvalue weighted by atomic mass is 79.9. The molecule has 1 heterocycles. The van der Waals surface area contributed by atoms with Crippen molar-refractivity contribution >= 4 is 34.2 Å². The third-order valence-corrected chi connectivity index (χ3v) is 4.61. The van der Waals surface area contributed by atoms with Gasteiger partial charge in [0.2, 0.25) is 5.91 Å². The maximum absolute atomic E-state index is 12.4. The largest absolute Gasteiger partial charge is 0.355 e. The molecule has 21 heavy (non-hydrogen) atoms. The molecule has 1 amide bonds. The van der Waals surface area contributed by atoms with E-state index in [1.54, 1.807) is 0 Å². The summed E-state index contributed by atoms with van der Waals surface area (Å²) in [6, 6.07) is 7.97. The number of halogens is 2. The topological polar surface area (TPSA) is 41.1 Å². The van der Waals surface area contributed by atoms with Crippen LogP contribution in [0.15, 0.2) is 28.7 Å². The molecular formula is C16H24BrClN2O. The average molecular weight is 376 g/mol. The number of rotatable bonds is 5. The molecule has 3 nitrogen and oxygen atoms in total. The van der Waals surface area contributed by atoms with Crippen LogP contribution in [0.1, 0.15) is 32.3 Å². The zero-order valence-electron chi connectivity index (χ0n) is 12.6. The molecule has 1 unspecified atom stereocenters. The van der Waals surface area contributed by atoms with E-state index in [2.05, 4.69) is 26.6 Å². The van der Waals surface area contributed by atoms with Crippen molar-refractivity contribution < 1.29 is 4.79 Å². The van der Waals surface area contributed by atoms with E-state index in [4.69, 9.17) is 0 Å². The van der Waals surface area contributed by atoms with Crippen LogP contribution in [-0.4, -0.2) is 25.5 Å². The van der Waals surface area contributed by atoms with Crippen LogP contribution in [-0.2, 0) is 10.2 Å². The van der Waals surface area contributed by atoms with Gasteiger partial charge in [0.05, 0.1) is 5.41 Å². The Labute approximate surface area is 141 Å². The summed E-state index contributed by atoms with van der Waals surface area (Å²) in [5, 5.41) is 6.44. The van der Waals surface area contributed by atoms with Gasteiger partial charge in [-0.25, -0.2) is 0 Å². The minimum absolute atomic E-state index is 0. The predicted octanol–water partition coefficient (Wildman–Crippen LogP) is 3.26. The summed E-state index contributed by atoms with van der Waals surface area (Å²) in [5.74, 6) is 0.811.